The minimum absolute atomic E-state index is 0.0164. The molecule has 0 radical (unpaired) electrons. The average Bonchev–Trinajstić information content (AvgIpc) is 2.38. The molecule has 1 atom stereocenters. The van der Waals surface area contributed by atoms with E-state index in [9.17, 15) is 18.0 Å². The van der Waals surface area contributed by atoms with Crippen LogP contribution in [-0.2, 0) is 10.9 Å². The quantitative estimate of drug-likeness (QED) is 0.866. The maximum absolute atomic E-state index is 12.8. The van der Waals surface area contributed by atoms with Crippen molar-refractivity contribution in [3.05, 3.63) is 33.8 Å². The van der Waals surface area contributed by atoms with Crippen molar-refractivity contribution < 1.29 is 22.7 Å². The van der Waals surface area contributed by atoms with Crippen molar-refractivity contribution in [3.8, 4) is 0 Å². The van der Waals surface area contributed by atoms with Gasteiger partial charge in [-0.25, -0.2) is 0 Å². The average molecular weight is 366 g/mol. The van der Waals surface area contributed by atoms with Crippen LogP contribution in [0.1, 0.15) is 35.7 Å². The zero-order valence-corrected chi connectivity index (χ0v) is 13.0. The summed E-state index contributed by atoms with van der Waals surface area (Å²) in [5.41, 5.74) is -1.42. The number of nitrogens with one attached hydrogen (secondary N) is 1. The van der Waals surface area contributed by atoms with Gasteiger partial charge in [-0.2, -0.15) is 13.2 Å². The van der Waals surface area contributed by atoms with E-state index in [2.05, 4.69) is 21.2 Å². The second kappa shape index (κ2) is 5.96. The van der Waals surface area contributed by atoms with E-state index in [1.165, 1.54) is 12.1 Å². The highest BCUT2D eigenvalue weighted by molar-refractivity contribution is 9.10. The van der Waals surface area contributed by atoms with E-state index >= 15 is 0 Å². The van der Waals surface area contributed by atoms with Crippen LogP contribution >= 0.6 is 15.9 Å². The molecule has 0 aliphatic carbocycles. The number of benzene rings is 1. The lowest BCUT2D eigenvalue weighted by molar-refractivity contribution is -0.138. The van der Waals surface area contributed by atoms with Gasteiger partial charge in [0.1, 0.15) is 0 Å². The van der Waals surface area contributed by atoms with Crippen molar-refractivity contribution in [2.75, 3.05) is 13.2 Å². The van der Waals surface area contributed by atoms with Crippen LogP contribution in [0.25, 0.3) is 0 Å². The molecule has 1 heterocycles. The van der Waals surface area contributed by atoms with Crippen molar-refractivity contribution in [2.24, 2.45) is 0 Å². The molecule has 1 aliphatic rings. The number of hydrogen-bond acceptors (Lipinski definition) is 2. The van der Waals surface area contributed by atoms with Crippen molar-refractivity contribution in [3.63, 3.8) is 0 Å². The molecule has 1 fully saturated rings. The summed E-state index contributed by atoms with van der Waals surface area (Å²) in [5.74, 6) is -0.527. The minimum Gasteiger partial charge on any atom is -0.379 e. The highest BCUT2D eigenvalue weighted by Gasteiger charge is 2.34. The Kier molecular flexibility index (Phi) is 4.63. The Morgan fingerprint density at radius 3 is 2.71 bits per heavy atom. The van der Waals surface area contributed by atoms with Crippen LogP contribution < -0.4 is 5.32 Å². The monoisotopic (exact) mass is 365 g/mol. The lowest BCUT2D eigenvalue weighted by atomic mass is 9.94. The topological polar surface area (TPSA) is 38.3 Å². The fourth-order valence-corrected chi connectivity index (χ4v) is 2.73. The molecule has 1 aromatic rings. The molecule has 116 valence electrons. The highest BCUT2D eigenvalue weighted by atomic mass is 79.9. The van der Waals surface area contributed by atoms with Crippen molar-refractivity contribution in [1.29, 1.82) is 0 Å². The van der Waals surface area contributed by atoms with Gasteiger partial charge in [0.05, 0.1) is 17.7 Å². The van der Waals surface area contributed by atoms with Gasteiger partial charge in [0.2, 0.25) is 0 Å². The highest BCUT2D eigenvalue weighted by Crippen LogP contribution is 2.35. The van der Waals surface area contributed by atoms with Crippen LogP contribution in [0.15, 0.2) is 22.7 Å². The second-order valence-corrected chi connectivity index (χ2v) is 6.22. The van der Waals surface area contributed by atoms with Crippen molar-refractivity contribution in [1.82, 2.24) is 5.32 Å². The van der Waals surface area contributed by atoms with Gasteiger partial charge in [-0.15, -0.1) is 0 Å². The van der Waals surface area contributed by atoms with Gasteiger partial charge in [0, 0.05) is 16.6 Å². The van der Waals surface area contributed by atoms with Crippen LogP contribution in [0.2, 0.25) is 0 Å². The third kappa shape index (κ3) is 3.97. The largest absolute Gasteiger partial charge is 0.417 e. The molecule has 0 aromatic heterocycles. The molecule has 2 rings (SSSR count). The molecule has 1 amide bonds. The van der Waals surface area contributed by atoms with E-state index in [0.717, 1.165) is 18.9 Å². The number of hydrogen-bond donors (Lipinski definition) is 1. The van der Waals surface area contributed by atoms with E-state index in [1.807, 2.05) is 6.92 Å². The smallest absolute Gasteiger partial charge is 0.379 e. The minimum atomic E-state index is -4.51. The van der Waals surface area contributed by atoms with E-state index in [4.69, 9.17) is 4.74 Å². The number of carbonyl (C=O) groups excluding carboxylic acids is 1. The normalized spacial score (nSPS) is 22.9. The molecule has 1 aromatic carbocycles. The summed E-state index contributed by atoms with van der Waals surface area (Å²) in [7, 11) is 0. The van der Waals surface area contributed by atoms with Gasteiger partial charge in [-0.1, -0.05) is 15.9 Å². The fourth-order valence-electron chi connectivity index (χ4n) is 2.26. The molecule has 3 nitrogen and oxygen atoms in total. The SMILES string of the molecule is CC1(NC(=O)c2ccc(Br)c(C(F)(F)F)c2)CCCOC1. The first-order valence-corrected chi connectivity index (χ1v) is 7.28. The molecule has 1 N–H and O–H groups in total. The van der Waals surface area contributed by atoms with E-state index in [-0.39, 0.29) is 10.0 Å². The number of halogens is 4. The summed E-state index contributed by atoms with van der Waals surface area (Å²) in [6.07, 6.45) is -2.96. The maximum Gasteiger partial charge on any atom is 0.417 e. The summed E-state index contributed by atoms with van der Waals surface area (Å²) in [6.45, 7) is 2.83. The Hall–Kier alpha value is -1.08. The predicted octanol–water partition coefficient (Wildman–Crippen LogP) is 3.77. The van der Waals surface area contributed by atoms with E-state index < -0.39 is 23.2 Å². The molecule has 0 saturated carbocycles. The van der Waals surface area contributed by atoms with E-state index in [1.54, 1.807) is 0 Å². The van der Waals surface area contributed by atoms with Gasteiger partial charge in [-0.05, 0) is 38.0 Å². The Morgan fingerprint density at radius 2 is 2.14 bits per heavy atom. The van der Waals surface area contributed by atoms with Gasteiger partial charge in [-0.3, -0.25) is 4.79 Å². The molecular formula is C14H15BrF3NO2. The molecule has 7 heteroatoms. The fraction of sp³-hybridized carbons (Fsp3) is 0.500. The summed E-state index contributed by atoms with van der Waals surface area (Å²) < 4.78 is 43.8. The van der Waals surface area contributed by atoms with Gasteiger partial charge in [0.15, 0.2) is 0 Å². The number of ether oxygens (including phenoxy) is 1. The van der Waals surface area contributed by atoms with Crippen LogP contribution in [0.4, 0.5) is 13.2 Å². The first-order valence-electron chi connectivity index (χ1n) is 6.48. The lowest BCUT2D eigenvalue weighted by Crippen LogP contribution is -2.51. The number of amides is 1. The van der Waals surface area contributed by atoms with Gasteiger partial charge in [0.25, 0.3) is 5.91 Å². The molecule has 1 saturated heterocycles. The zero-order chi connectivity index (χ0) is 15.7. The first-order chi connectivity index (χ1) is 9.71. The molecular weight excluding hydrogens is 351 g/mol. The Morgan fingerprint density at radius 1 is 1.43 bits per heavy atom. The van der Waals surface area contributed by atoms with Crippen molar-refractivity contribution >= 4 is 21.8 Å². The van der Waals surface area contributed by atoms with Crippen LogP contribution in [0.3, 0.4) is 0 Å². The molecule has 1 aliphatic heterocycles. The Labute approximate surface area is 129 Å². The maximum atomic E-state index is 12.8. The molecule has 1 unspecified atom stereocenters. The van der Waals surface area contributed by atoms with Gasteiger partial charge >= 0.3 is 6.18 Å². The number of rotatable bonds is 2. The summed E-state index contributed by atoms with van der Waals surface area (Å²) in [6, 6.07) is 3.45. The van der Waals surface area contributed by atoms with E-state index in [0.29, 0.717) is 13.2 Å². The molecule has 0 bridgehead atoms. The third-order valence-electron chi connectivity index (χ3n) is 3.39. The number of carbonyl (C=O) groups is 1. The standard InChI is InChI=1S/C14H15BrF3NO2/c1-13(5-2-6-21-8-13)19-12(20)9-3-4-11(15)10(7-9)14(16,17)18/h3-4,7H,2,5-6,8H2,1H3,(H,19,20). The van der Waals surface area contributed by atoms with Crippen molar-refractivity contribution in [2.45, 2.75) is 31.5 Å². The van der Waals surface area contributed by atoms with Gasteiger partial charge < -0.3 is 10.1 Å². The Bertz CT molecular complexity index is 540. The zero-order valence-electron chi connectivity index (χ0n) is 11.4. The lowest BCUT2D eigenvalue weighted by Gasteiger charge is -2.34. The first kappa shape index (κ1) is 16.3. The molecule has 0 spiro atoms. The second-order valence-electron chi connectivity index (χ2n) is 5.36. The summed E-state index contributed by atoms with van der Waals surface area (Å²) >= 11 is 2.85. The molecule has 21 heavy (non-hydrogen) atoms. The van der Waals surface area contributed by atoms with Crippen LogP contribution in [0, 0.1) is 0 Å². The van der Waals surface area contributed by atoms with Crippen LogP contribution in [0.5, 0.6) is 0 Å². The Balaban J connectivity index is 2.20. The van der Waals surface area contributed by atoms with Crippen LogP contribution in [-0.4, -0.2) is 24.7 Å². The number of alkyl halides is 3. The summed E-state index contributed by atoms with van der Waals surface area (Å²) in [4.78, 5) is 12.2. The predicted molar refractivity (Wildman–Crippen MR) is 75.1 cm³/mol. The summed E-state index contributed by atoms with van der Waals surface area (Å²) in [5, 5.41) is 2.76. The third-order valence-corrected chi connectivity index (χ3v) is 4.08.